The van der Waals surface area contributed by atoms with Crippen LogP contribution in [0.3, 0.4) is 0 Å². The van der Waals surface area contributed by atoms with Crippen molar-refractivity contribution in [3.63, 3.8) is 0 Å². The smallest absolute Gasteiger partial charge is 0.228 e. The van der Waals surface area contributed by atoms with Crippen LogP contribution in [-0.4, -0.2) is 22.6 Å². The van der Waals surface area contributed by atoms with Crippen molar-refractivity contribution in [2.45, 2.75) is 19.3 Å². The van der Waals surface area contributed by atoms with Crippen LogP contribution in [0.2, 0.25) is 0 Å². The third-order valence-corrected chi connectivity index (χ3v) is 3.23. The molecule has 2 heterocycles. The second-order valence-electron chi connectivity index (χ2n) is 4.66. The van der Waals surface area contributed by atoms with Crippen molar-refractivity contribution in [1.82, 2.24) is 10.1 Å². The maximum atomic E-state index is 11.4. The van der Waals surface area contributed by atoms with Gasteiger partial charge in [-0.2, -0.15) is 4.98 Å². The Balaban J connectivity index is 1.69. The molecule has 0 fully saturated rings. The lowest BCUT2D eigenvalue weighted by Gasteiger charge is -2.19. The Bertz CT molecular complexity index is 624. The van der Waals surface area contributed by atoms with E-state index < -0.39 is 0 Å². The fourth-order valence-electron chi connectivity index (χ4n) is 2.21. The Hall–Kier alpha value is -2.57. The maximum absolute atomic E-state index is 11.4. The summed E-state index contributed by atoms with van der Waals surface area (Å²) >= 11 is 0. The van der Waals surface area contributed by atoms with E-state index in [9.17, 15) is 4.79 Å². The minimum Gasteiger partial charge on any atom is -0.397 e. The number of benzene rings is 1. The van der Waals surface area contributed by atoms with E-state index in [-0.39, 0.29) is 5.91 Å². The quantitative estimate of drug-likeness (QED) is 0.722. The number of hydrogen-bond acceptors (Lipinski definition) is 6. The summed E-state index contributed by atoms with van der Waals surface area (Å²) in [5, 5.41) is 9.61. The lowest BCUT2D eigenvalue weighted by atomic mass is 10.0. The predicted molar refractivity (Wildman–Crippen MR) is 74.3 cm³/mol. The van der Waals surface area contributed by atoms with Crippen molar-refractivity contribution < 1.29 is 9.32 Å². The lowest BCUT2D eigenvalue weighted by Crippen LogP contribution is -2.19. The molecule has 20 heavy (non-hydrogen) atoms. The summed E-state index contributed by atoms with van der Waals surface area (Å²) in [6.45, 7) is 0.624. The van der Waals surface area contributed by atoms with Gasteiger partial charge in [0.1, 0.15) is 0 Å². The zero-order valence-electron chi connectivity index (χ0n) is 10.8. The highest BCUT2D eigenvalue weighted by Gasteiger charge is 2.16. The van der Waals surface area contributed by atoms with Gasteiger partial charge in [0.2, 0.25) is 11.8 Å². The normalized spacial score (nSPS) is 13.7. The van der Waals surface area contributed by atoms with Gasteiger partial charge in [0.05, 0.1) is 11.4 Å². The fraction of sp³-hybridized carbons (Fsp3) is 0.308. The van der Waals surface area contributed by atoms with Crippen LogP contribution in [0.15, 0.2) is 23.0 Å². The molecule has 1 aliphatic heterocycles. The van der Waals surface area contributed by atoms with Crippen LogP contribution in [0.25, 0.3) is 0 Å². The number of carbonyl (C=O) groups is 1. The number of nitrogens with one attached hydrogen (secondary N) is 2. The molecule has 0 bridgehead atoms. The summed E-state index contributed by atoms with van der Waals surface area (Å²) in [7, 11) is 0. The number of nitrogens with zero attached hydrogens (tertiary/aromatic N) is 2. The van der Waals surface area contributed by atoms with Gasteiger partial charge in [-0.1, -0.05) is 5.16 Å². The predicted octanol–water partition coefficient (Wildman–Crippen LogP) is 1.19. The highest BCUT2D eigenvalue weighted by molar-refractivity contribution is 5.95. The summed E-state index contributed by atoms with van der Waals surface area (Å²) < 4.78 is 4.92. The van der Waals surface area contributed by atoms with Crippen LogP contribution in [0.4, 0.5) is 17.1 Å². The molecule has 1 amide bonds. The van der Waals surface area contributed by atoms with Gasteiger partial charge in [0, 0.05) is 25.1 Å². The lowest BCUT2D eigenvalue weighted by molar-refractivity contribution is -0.116. The first-order chi connectivity index (χ1) is 9.72. The number of amides is 1. The summed E-state index contributed by atoms with van der Waals surface area (Å²) in [5.74, 6) is 0.612. The van der Waals surface area contributed by atoms with Gasteiger partial charge in [-0.05, 0) is 24.1 Å². The number of carbonyl (C=O) groups excluding carboxylic acids is 1. The van der Waals surface area contributed by atoms with E-state index in [4.69, 9.17) is 10.3 Å². The Morgan fingerprint density at radius 3 is 3.10 bits per heavy atom. The molecule has 0 radical (unpaired) electrons. The molecule has 0 atom stereocenters. The number of hydrogen-bond donors (Lipinski definition) is 3. The second kappa shape index (κ2) is 5.20. The highest BCUT2D eigenvalue weighted by Crippen LogP contribution is 2.30. The second-order valence-corrected chi connectivity index (χ2v) is 4.66. The third-order valence-electron chi connectivity index (χ3n) is 3.23. The molecule has 1 aromatic heterocycles. The first kappa shape index (κ1) is 12.5. The van der Waals surface area contributed by atoms with Crippen LogP contribution >= 0.6 is 0 Å². The largest absolute Gasteiger partial charge is 0.397 e. The van der Waals surface area contributed by atoms with Gasteiger partial charge in [-0.3, -0.25) is 4.79 Å². The number of rotatable bonds is 4. The molecule has 0 saturated carbocycles. The van der Waals surface area contributed by atoms with Gasteiger partial charge >= 0.3 is 0 Å². The Kier molecular flexibility index (Phi) is 3.24. The van der Waals surface area contributed by atoms with E-state index >= 15 is 0 Å². The maximum Gasteiger partial charge on any atom is 0.228 e. The van der Waals surface area contributed by atoms with Gasteiger partial charge in [-0.25, -0.2) is 0 Å². The molecule has 3 rings (SSSR count). The van der Waals surface area contributed by atoms with E-state index in [1.54, 1.807) is 0 Å². The van der Waals surface area contributed by atoms with Crippen LogP contribution in [0.1, 0.15) is 17.9 Å². The molecule has 0 unspecified atom stereocenters. The summed E-state index contributed by atoms with van der Waals surface area (Å²) in [6.07, 6.45) is 3.23. The number of aryl methyl sites for hydroxylation is 1. The number of fused-ring (bicyclic) bond motifs is 1. The molecule has 4 N–H and O–H groups in total. The van der Waals surface area contributed by atoms with E-state index in [2.05, 4.69) is 20.8 Å². The minimum atomic E-state index is 0.0408. The van der Waals surface area contributed by atoms with E-state index in [1.807, 2.05) is 12.1 Å². The van der Waals surface area contributed by atoms with Crippen LogP contribution in [0.5, 0.6) is 0 Å². The molecule has 1 aromatic carbocycles. The first-order valence-electron chi connectivity index (χ1n) is 6.44. The minimum absolute atomic E-state index is 0.0408. The molecular weight excluding hydrogens is 258 g/mol. The molecule has 7 nitrogen and oxygen atoms in total. The topological polar surface area (TPSA) is 106 Å². The molecular formula is C13H15N5O2. The Labute approximate surface area is 115 Å². The molecule has 1 aliphatic rings. The summed E-state index contributed by atoms with van der Waals surface area (Å²) in [6, 6.07) is 3.78. The highest BCUT2D eigenvalue weighted by atomic mass is 16.5. The fourth-order valence-corrected chi connectivity index (χ4v) is 2.21. The van der Waals surface area contributed by atoms with Gasteiger partial charge in [0.15, 0.2) is 6.33 Å². The standard InChI is InChI=1S/C13H15N5O2/c14-9-5-8-1-2-12(19)18-10(8)6-11(9)15-4-3-13-16-7-17-20-13/h5-7,15H,1-4,14H2,(H,18,19). The third kappa shape index (κ3) is 2.56. The van der Waals surface area contributed by atoms with Crippen LogP contribution in [-0.2, 0) is 17.6 Å². The van der Waals surface area contributed by atoms with E-state index in [0.29, 0.717) is 31.0 Å². The van der Waals surface area contributed by atoms with E-state index in [1.165, 1.54) is 6.33 Å². The monoisotopic (exact) mass is 273 g/mol. The average Bonchev–Trinajstić information content (AvgIpc) is 2.93. The van der Waals surface area contributed by atoms with Crippen molar-refractivity contribution in [1.29, 1.82) is 0 Å². The Morgan fingerprint density at radius 2 is 2.30 bits per heavy atom. The van der Waals surface area contributed by atoms with Gasteiger partial charge < -0.3 is 20.9 Å². The molecule has 2 aromatic rings. The van der Waals surface area contributed by atoms with Gasteiger partial charge in [0.25, 0.3) is 0 Å². The summed E-state index contributed by atoms with van der Waals surface area (Å²) in [4.78, 5) is 15.3. The van der Waals surface area contributed by atoms with Crippen molar-refractivity contribution in [3.8, 4) is 0 Å². The number of nitrogens with two attached hydrogens (primary N) is 1. The number of aromatic nitrogens is 2. The molecule has 0 spiro atoms. The molecule has 0 aliphatic carbocycles. The number of nitrogen functional groups attached to an aromatic ring is 1. The first-order valence-corrected chi connectivity index (χ1v) is 6.44. The molecule has 104 valence electrons. The summed E-state index contributed by atoms with van der Waals surface area (Å²) in [5.41, 5.74) is 9.38. The van der Waals surface area contributed by atoms with Crippen LogP contribution in [0, 0.1) is 0 Å². The van der Waals surface area contributed by atoms with Crippen molar-refractivity contribution >= 4 is 23.0 Å². The average molecular weight is 273 g/mol. The van der Waals surface area contributed by atoms with Crippen molar-refractivity contribution in [3.05, 3.63) is 29.9 Å². The Morgan fingerprint density at radius 1 is 1.40 bits per heavy atom. The van der Waals surface area contributed by atoms with E-state index in [0.717, 1.165) is 23.4 Å². The van der Waals surface area contributed by atoms with Gasteiger partial charge in [-0.15, -0.1) is 0 Å². The zero-order valence-corrected chi connectivity index (χ0v) is 10.8. The van der Waals surface area contributed by atoms with Crippen molar-refractivity contribution in [2.24, 2.45) is 0 Å². The molecule has 7 heteroatoms. The molecule has 0 saturated heterocycles. The number of anilines is 3. The SMILES string of the molecule is Nc1cc2c(cc1NCCc1ncno1)NC(=O)CC2. The van der Waals surface area contributed by atoms with Crippen molar-refractivity contribution in [2.75, 3.05) is 22.9 Å². The van der Waals surface area contributed by atoms with Crippen LogP contribution < -0.4 is 16.4 Å². The zero-order chi connectivity index (χ0) is 13.9.